The minimum Gasteiger partial charge on any atom is -0.328 e. The maximum atomic E-state index is 13.3. The average Bonchev–Trinajstić information content (AvgIpc) is 3.28. The second kappa shape index (κ2) is 7.09. The molecular weight excluding hydrogens is 344 g/mol. The molecule has 0 spiro atoms. The highest BCUT2D eigenvalue weighted by Crippen LogP contribution is 2.22. The van der Waals surface area contributed by atoms with Crippen LogP contribution >= 0.6 is 11.3 Å². The number of aromatic nitrogens is 3. The van der Waals surface area contributed by atoms with Gasteiger partial charge in [-0.15, -0.1) is 11.3 Å². The normalized spacial score (nSPS) is 11.0. The lowest BCUT2D eigenvalue weighted by Crippen LogP contribution is -2.30. The van der Waals surface area contributed by atoms with Crippen LogP contribution < -0.4 is 0 Å². The first-order valence-corrected chi connectivity index (χ1v) is 9.25. The fourth-order valence-electron chi connectivity index (χ4n) is 2.93. The summed E-state index contributed by atoms with van der Waals surface area (Å²) in [5.74, 6) is -0.0842. The molecule has 0 bridgehead atoms. The van der Waals surface area contributed by atoms with Gasteiger partial charge in [-0.2, -0.15) is 5.10 Å². The van der Waals surface area contributed by atoms with Gasteiger partial charge in [0.1, 0.15) is 0 Å². The highest BCUT2D eigenvalue weighted by molar-refractivity contribution is 7.09. The molecule has 0 saturated heterocycles. The van der Waals surface area contributed by atoms with E-state index in [2.05, 4.69) is 15.2 Å². The number of carbonyl (C=O) groups excluding carboxylic acids is 1. The monoisotopic (exact) mass is 362 g/mol. The van der Waals surface area contributed by atoms with E-state index in [4.69, 9.17) is 0 Å². The highest BCUT2D eigenvalue weighted by atomic mass is 32.1. The van der Waals surface area contributed by atoms with Crippen molar-refractivity contribution in [3.8, 4) is 0 Å². The Balaban J connectivity index is 1.69. The van der Waals surface area contributed by atoms with Gasteiger partial charge in [-0.05, 0) is 18.6 Å². The van der Waals surface area contributed by atoms with Gasteiger partial charge in [0.05, 0.1) is 23.3 Å². The predicted octanol–water partition coefficient (Wildman–Crippen LogP) is 4.17. The molecule has 2 heterocycles. The predicted molar refractivity (Wildman–Crippen MR) is 103 cm³/mol. The van der Waals surface area contributed by atoms with Crippen LogP contribution in [-0.4, -0.2) is 26.0 Å². The van der Waals surface area contributed by atoms with Crippen LogP contribution in [0, 0.1) is 6.92 Å². The fourth-order valence-corrected chi connectivity index (χ4v) is 3.72. The third kappa shape index (κ3) is 3.23. The van der Waals surface area contributed by atoms with Crippen molar-refractivity contribution < 1.29 is 4.79 Å². The number of H-pyrrole nitrogens is 1. The van der Waals surface area contributed by atoms with E-state index in [9.17, 15) is 4.79 Å². The molecule has 0 aliphatic rings. The third-order valence-electron chi connectivity index (χ3n) is 4.36. The summed E-state index contributed by atoms with van der Waals surface area (Å²) in [6.07, 6.45) is 0. The van der Waals surface area contributed by atoms with Gasteiger partial charge in [0.25, 0.3) is 5.91 Å². The summed E-state index contributed by atoms with van der Waals surface area (Å²) in [4.78, 5) is 20.5. The van der Waals surface area contributed by atoms with Crippen LogP contribution in [0.15, 0.2) is 60.1 Å². The molecule has 0 saturated carbocycles. The zero-order valence-corrected chi connectivity index (χ0v) is 15.2. The Morgan fingerprint density at radius 3 is 2.62 bits per heavy atom. The van der Waals surface area contributed by atoms with Crippen molar-refractivity contribution in [3.05, 3.63) is 81.9 Å². The van der Waals surface area contributed by atoms with Gasteiger partial charge in [-0.25, -0.2) is 4.98 Å². The van der Waals surface area contributed by atoms with Gasteiger partial charge >= 0.3 is 0 Å². The molecule has 5 nitrogen and oxygen atoms in total. The van der Waals surface area contributed by atoms with Crippen LogP contribution in [0.2, 0.25) is 0 Å². The number of amides is 1. The molecule has 0 fully saturated rings. The summed E-state index contributed by atoms with van der Waals surface area (Å²) in [7, 11) is 0. The number of hydrogen-bond donors (Lipinski definition) is 1. The van der Waals surface area contributed by atoms with Crippen molar-refractivity contribution in [2.24, 2.45) is 0 Å². The lowest BCUT2D eigenvalue weighted by Gasteiger charge is -2.22. The largest absolute Gasteiger partial charge is 0.328 e. The highest BCUT2D eigenvalue weighted by Gasteiger charge is 2.22. The van der Waals surface area contributed by atoms with Gasteiger partial charge in [-0.1, -0.05) is 48.5 Å². The van der Waals surface area contributed by atoms with E-state index in [0.29, 0.717) is 18.8 Å². The number of aromatic amines is 1. The smallest absolute Gasteiger partial charge is 0.275 e. The molecule has 0 aliphatic carbocycles. The summed E-state index contributed by atoms with van der Waals surface area (Å²) in [6, 6.07) is 17.7. The fraction of sp³-hybridized carbons (Fsp3) is 0.150. The van der Waals surface area contributed by atoms with Crippen molar-refractivity contribution in [1.29, 1.82) is 0 Å². The Morgan fingerprint density at radius 1 is 1.08 bits per heavy atom. The number of para-hydroxylation sites is 1. The zero-order valence-electron chi connectivity index (χ0n) is 14.3. The number of rotatable bonds is 5. The molecule has 26 heavy (non-hydrogen) atoms. The van der Waals surface area contributed by atoms with Gasteiger partial charge < -0.3 is 4.90 Å². The molecule has 130 valence electrons. The van der Waals surface area contributed by atoms with Gasteiger partial charge in [0, 0.05) is 16.8 Å². The van der Waals surface area contributed by atoms with E-state index in [1.54, 1.807) is 11.3 Å². The molecule has 1 N–H and O–H groups in total. The lowest BCUT2D eigenvalue weighted by molar-refractivity contribution is 0.0727. The number of nitrogens with one attached hydrogen (secondary N) is 1. The number of hydrogen-bond acceptors (Lipinski definition) is 4. The number of fused-ring (bicyclic) bond motifs is 1. The molecule has 4 aromatic rings. The van der Waals surface area contributed by atoms with E-state index in [0.717, 1.165) is 27.0 Å². The van der Waals surface area contributed by atoms with Crippen molar-refractivity contribution >= 4 is 28.1 Å². The van der Waals surface area contributed by atoms with E-state index in [1.807, 2.05) is 71.9 Å². The molecule has 0 aliphatic heterocycles. The van der Waals surface area contributed by atoms with Crippen molar-refractivity contribution in [1.82, 2.24) is 20.1 Å². The Hall–Kier alpha value is -2.99. The molecular formula is C20H18N4OS. The van der Waals surface area contributed by atoms with E-state index < -0.39 is 0 Å². The Labute approximate surface area is 155 Å². The quantitative estimate of drug-likeness (QED) is 0.579. The van der Waals surface area contributed by atoms with Gasteiger partial charge in [0.2, 0.25) is 0 Å². The van der Waals surface area contributed by atoms with E-state index in [1.165, 1.54) is 0 Å². The SMILES string of the molecule is Cc1ncsc1CN(Cc1ccccc1)C(=O)c1n[nH]c2ccccc12. The van der Waals surface area contributed by atoms with Crippen LogP contribution in [0.3, 0.4) is 0 Å². The van der Waals surface area contributed by atoms with Crippen LogP contribution in [0.25, 0.3) is 10.9 Å². The molecule has 0 atom stereocenters. The molecule has 0 unspecified atom stereocenters. The van der Waals surface area contributed by atoms with Crippen LogP contribution in [0.5, 0.6) is 0 Å². The van der Waals surface area contributed by atoms with Crippen molar-refractivity contribution in [2.45, 2.75) is 20.0 Å². The molecule has 1 amide bonds. The number of aryl methyl sites for hydroxylation is 1. The first-order valence-electron chi connectivity index (χ1n) is 8.37. The summed E-state index contributed by atoms with van der Waals surface area (Å²) < 4.78 is 0. The minimum absolute atomic E-state index is 0.0842. The molecule has 6 heteroatoms. The van der Waals surface area contributed by atoms with Crippen LogP contribution in [-0.2, 0) is 13.1 Å². The molecule has 2 aromatic carbocycles. The van der Waals surface area contributed by atoms with E-state index >= 15 is 0 Å². The first-order chi connectivity index (χ1) is 12.7. The minimum atomic E-state index is -0.0842. The second-order valence-electron chi connectivity index (χ2n) is 6.13. The Kier molecular flexibility index (Phi) is 4.50. The second-order valence-corrected chi connectivity index (χ2v) is 7.06. The number of nitrogens with zero attached hydrogens (tertiary/aromatic N) is 3. The third-order valence-corrected chi connectivity index (χ3v) is 5.28. The Bertz CT molecular complexity index is 1040. The number of benzene rings is 2. The standard InChI is InChI=1S/C20H18N4OS/c1-14-18(26-13-21-14)12-24(11-15-7-3-2-4-8-15)20(25)19-16-9-5-6-10-17(16)22-23-19/h2-10,13H,11-12H2,1H3,(H,22,23). The van der Waals surface area contributed by atoms with Crippen LogP contribution in [0.1, 0.15) is 26.6 Å². The molecule has 4 rings (SSSR count). The van der Waals surface area contributed by atoms with Gasteiger partial charge in [0.15, 0.2) is 5.69 Å². The topological polar surface area (TPSA) is 61.9 Å². The van der Waals surface area contributed by atoms with Crippen molar-refractivity contribution in [3.63, 3.8) is 0 Å². The van der Waals surface area contributed by atoms with Crippen molar-refractivity contribution in [2.75, 3.05) is 0 Å². The summed E-state index contributed by atoms with van der Waals surface area (Å²) in [5.41, 5.74) is 5.19. The van der Waals surface area contributed by atoms with Gasteiger partial charge in [-0.3, -0.25) is 9.89 Å². The summed E-state index contributed by atoms with van der Waals surface area (Å²) in [5, 5.41) is 8.08. The first kappa shape index (κ1) is 16.5. The number of carbonyl (C=O) groups is 1. The van der Waals surface area contributed by atoms with E-state index in [-0.39, 0.29) is 5.91 Å². The Morgan fingerprint density at radius 2 is 1.85 bits per heavy atom. The maximum absolute atomic E-state index is 13.3. The lowest BCUT2D eigenvalue weighted by atomic mass is 10.1. The summed E-state index contributed by atoms with van der Waals surface area (Å²) >= 11 is 1.57. The number of thiazole rings is 1. The zero-order chi connectivity index (χ0) is 17.9. The summed E-state index contributed by atoms with van der Waals surface area (Å²) in [6.45, 7) is 3.02. The molecule has 2 aromatic heterocycles. The molecule has 0 radical (unpaired) electrons. The average molecular weight is 362 g/mol. The van der Waals surface area contributed by atoms with Crippen LogP contribution in [0.4, 0.5) is 0 Å². The maximum Gasteiger partial charge on any atom is 0.275 e.